The molecule has 0 aliphatic rings. The van der Waals surface area contributed by atoms with Gasteiger partial charge in [-0.15, -0.1) is 0 Å². The van der Waals surface area contributed by atoms with Gasteiger partial charge in [0.1, 0.15) is 11.2 Å². The van der Waals surface area contributed by atoms with Gasteiger partial charge in [0, 0.05) is 21.5 Å². The number of benzene rings is 9. The Balaban J connectivity index is 1.28. The van der Waals surface area contributed by atoms with Gasteiger partial charge in [0.05, 0.1) is 6.85 Å². The van der Waals surface area contributed by atoms with E-state index in [9.17, 15) is 0 Å². The monoisotopic (exact) mass is 601 g/mol. The summed E-state index contributed by atoms with van der Waals surface area (Å²) in [7, 11) is 0. The molecule has 10 aromatic rings. The largest absolute Gasteiger partial charge is 0.455 e. The molecule has 0 saturated carbocycles. The number of fused-ring (bicyclic) bond motifs is 9. The van der Waals surface area contributed by atoms with E-state index in [0.717, 1.165) is 87.3 Å². The zero-order valence-electron chi connectivity index (χ0n) is 30.2. The van der Waals surface area contributed by atoms with Gasteiger partial charge in [0.2, 0.25) is 0 Å². The zero-order valence-corrected chi connectivity index (χ0v) is 25.2. The Hall–Kier alpha value is -6.18. The number of hydrogen-bond acceptors (Lipinski definition) is 1. The molecule has 0 N–H and O–H groups in total. The van der Waals surface area contributed by atoms with Crippen molar-refractivity contribution < 1.29 is 11.3 Å². The predicted molar refractivity (Wildman–Crippen MR) is 200 cm³/mol. The first kappa shape index (κ1) is 21.5. The third-order valence-corrected chi connectivity index (χ3v) is 9.52. The molecule has 0 amide bonds. The van der Waals surface area contributed by atoms with Crippen LogP contribution in [0.5, 0.6) is 0 Å². The maximum atomic E-state index is 8.52. The van der Waals surface area contributed by atoms with Gasteiger partial charge in [-0.1, -0.05) is 158 Å². The van der Waals surface area contributed by atoms with Gasteiger partial charge in [0.25, 0.3) is 0 Å². The minimum atomic E-state index is -0.395. The van der Waals surface area contributed by atoms with Gasteiger partial charge in [-0.2, -0.15) is 0 Å². The fourth-order valence-corrected chi connectivity index (χ4v) is 7.46. The first-order valence-electron chi connectivity index (χ1n) is 18.3. The van der Waals surface area contributed by atoms with E-state index < -0.39 is 6.04 Å². The van der Waals surface area contributed by atoms with Crippen molar-refractivity contribution in [3.05, 3.63) is 170 Å². The second kappa shape index (κ2) is 10.2. The van der Waals surface area contributed by atoms with Crippen molar-refractivity contribution in [2.75, 3.05) is 0 Å². The van der Waals surface area contributed by atoms with Crippen molar-refractivity contribution in [3.8, 4) is 33.4 Å². The number of rotatable bonds is 3. The van der Waals surface area contributed by atoms with Crippen LogP contribution in [0.25, 0.3) is 98.4 Å². The highest BCUT2D eigenvalue weighted by Crippen LogP contribution is 2.49. The molecule has 0 spiro atoms. The molecular formula is C46H28O. The molecule has 10 rings (SSSR count). The summed E-state index contributed by atoms with van der Waals surface area (Å²) in [5.74, 6) is 0. The third-order valence-electron chi connectivity index (χ3n) is 9.52. The van der Waals surface area contributed by atoms with Gasteiger partial charge in [-0.3, -0.25) is 0 Å². The van der Waals surface area contributed by atoms with Crippen molar-refractivity contribution in [3.63, 3.8) is 0 Å². The summed E-state index contributed by atoms with van der Waals surface area (Å²) in [6.45, 7) is 0. The highest BCUT2D eigenvalue weighted by molar-refractivity contribution is 6.30. The van der Waals surface area contributed by atoms with Crippen LogP contribution in [-0.2, 0) is 0 Å². The molecule has 0 bridgehead atoms. The molecule has 0 radical (unpaired) electrons. The standard InChI is InChI=1S/C46H28O/c1-2-12-29(13-3-1)30-22-24-32(25-23-30)42-36-18-8-10-20-38(36)43(39-21-11-9-19-37(39)42)41-28-33-15-5-7-17-35(33)46-44(41)40-27-26-31-14-4-6-16-34(31)45(40)47-46/h1-28H/i1D,2D,3D,12D,13D. The topological polar surface area (TPSA) is 13.1 Å². The van der Waals surface area contributed by atoms with E-state index in [1.165, 1.54) is 0 Å². The van der Waals surface area contributed by atoms with Crippen LogP contribution >= 0.6 is 0 Å². The summed E-state index contributed by atoms with van der Waals surface area (Å²) in [4.78, 5) is 0. The fraction of sp³-hybridized carbons (Fsp3) is 0. The lowest BCUT2D eigenvalue weighted by molar-refractivity contribution is 0.676. The molecule has 1 heteroatoms. The van der Waals surface area contributed by atoms with Crippen LogP contribution in [0, 0.1) is 0 Å². The molecule has 0 aliphatic heterocycles. The Morgan fingerprint density at radius 1 is 0.383 bits per heavy atom. The number of hydrogen-bond donors (Lipinski definition) is 0. The molecule has 0 unspecified atom stereocenters. The van der Waals surface area contributed by atoms with Crippen LogP contribution in [0.15, 0.2) is 174 Å². The highest BCUT2D eigenvalue weighted by atomic mass is 16.3. The van der Waals surface area contributed by atoms with E-state index in [1.54, 1.807) is 0 Å². The summed E-state index contributed by atoms with van der Waals surface area (Å²) in [6.07, 6.45) is 0. The van der Waals surface area contributed by atoms with E-state index in [0.29, 0.717) is 5.56 Å². The average Bonchev–Trinajstić information content (AvgIpc) is 3.59. The van der Waals surface area contributed by atoms with Gasteiger partial charge in [-0.25, -0.2) is 0 Å². The van der Waals surface area contributed by atoms with Crippen LogP contribution in [0.2, 0.25) is 0 Å². The molecule has 218 valence electrons. The molecular weight excluding hydrogens is 569 g/mol. The second-order valence-electron chi connectivity index (χ2n) is 12.0. The van der Waals surface area contributed by atoms with E-state index in [1.807, 2.05) is 24.3 Å². The molecule has 0 atom stereocenters. The maximum Gasteiger partial charge on any atom is 0.143 e. The van der Waals surface area contributed by atoms with Crippen molar-refractivity contribution in [1.82, 2.24) is 0 Å². The molecule has 0 aliphatic carbocycles. The van der Waals surface area contributed by atoms with Crippen molar-refractivity contribution in [2.45, 2.75) is 0 Å². The van der Waals surface area contributed by atoms with Crippen molar-refractivity contribution in [2.24, 2.45) is 0 Å². The molecule has 9 aromatic carbocycles. The zero-order chi connectivity index (χ0) is 35.2. The van der Waals surface area contributed by atoms with E-state index in [2.05, 4.69) is 115 Å². The molecule has 1 nitrogen and oxygen atoms in total. The Labute approximate surface area is 279 Å². The molecule has 0 fully saturated rings. The SMILES string of the molecule is [2H]c1c([2H])c([2H])c(-c2ccc(-c3c4ccccc4c(-c4cc5ccccc5c5oc6c7ccccc7ccc6c45)c4ccccc34)cc2)c([2H])c1[2H]. The van der Waals surface area contributed by atoms with Crippen LogP contribution in [0.3, 0.4) is 0 Å². The van der Waals surface area contributed by atoms with Crippen LogP contribution < -0.4 is 0 Å². The molecule has 0 saturated heterocycles. The molecule has 1 heterocycles. The summed E-state index contributed by atoms with van der Waals surface area (Å²) in [6, 6.07) is 46.7. The average molecular weight is 602 g/mol. The summed E-state index contributed by atoms with van der Waals surface area (Å²) in [5.41, 5.74) is 6.82. The fourth-order valence-electron chi connectivity index (χ4n) is 7.46. The van der Waals surface area contributed by atoms with E-state index >= 15 is 0 Å². The normalized spacial score (nSPS) is 13.3. The summed E-state index contributed by atoms with van der Waals surface area (Å²) >= 11 is 0. The maximum absolute atomic E-state index is 8.52. The summed E-state index contributed by atoms with van der Waals surface area (Å²) in [5, 5.41) is 11.0. The lowest BCUT2D eigenvalue weighted by atomic mass is 9.84. The lowest BCUT2D eigenvalue weighted by Gasteiger charge is -2.19. The lowest BCUT2D eigenvalue weighted by Crippen LogP contribution is -1.92. The highest BCUT2D eigenvalue weighted by Gasteiger charge is 2.22. The van der Waals surface area contributed by atoms with Gasteiger partial charge < -0.3 is 4.42 Å². The Bertz CT molecular complexity index is 3040. The quantitative estimate of drug-likeness (QED) is 0.184. The Morgan fingerprint density at radius 3 is 1.57 bits per heavy atom. The van der Waals surface area contributed by atoms with Crippen LogP contribution in [0.1, 0.15) is 6.85 Å². The van der Waals surface area contributed by atoms with Crippen molar-refractivity contribution >= 4 is 65.0 Å². The van der Waals surface area contributed by atoms with Crippen molar-refractivity contribution in [1.29, 1.82) is 0 Å². The molecule has 47 heavy (non-hydrogen) atoms. The minimum Gasteiger partial charge on any atom is -0.455 e. The smallest absolute Gasteiger partial charge is 0.143 e. The van der Waals surface area contributed by atoms with Gasteiger partial charge in [-0.05, 0) is 77.8 Å². The van der Waals surface area contributed by atoms with Crippen LogP contribution in [-0.4, -0.2) is 0 Å². The van der Waals surface area contributed by atoms with Crippen LogP contribution in [0.4, 0.5) is 0 Å². The Morgan fingerprint density at radius 2 is 0.915 bits per heavy atom. The molecule has 1 aromatic heterocycles. The first-order chi connectivity index (χ1) is 25.4. The third kappa shape index (κ3) is 3.90. The second-order valence-corrected chi connectivity index (χ2v) is 12.0. The van der Waals surface area contributed by atoms with Gasteiger partial charge in [0.15, 0.2) is 0 Å². The van der Waals surface area contributed by atoms with E-state index in [4.69, 9.17) is 11.3 Å². The van der Waals surface area contributed by atoms with Gasteiger partial charge >= 0.3 is 0 Å². The minimum absolute atomic E-state index is 0.197. The first-order valence-corrected chi connectivity index (χ1v) is 15.8. The summed E-state index contributed by atoms with van der Waals surface area (Å²) < 4.78 is 48.3. The predicted octanol–water partition coefficient (Wildman–Crippen LogP) is 13.2. The number of furan rings is 1. The van der Waals surface area contributed by atoms with E-state index in [-0.39, 0.29) is 29.7 Å². The Kier molecular flexibility index (Phi) is 4.66.